The van der Waals surface area contributed by atoms with Crippen LogP contribution in [0, 0.1) is 12.7 Å². The van der Waals surface area contributed by atoms with Gasteiger partial charge in [-0.2, -0.15) is 13.2 Å². The van der Waals surface area contributed by atoms with Crippen molar-refractivity contribution in [1.82, 2.24) is 0 Å². The van der Waals surface area contributed by atoms with Crippen LogP contribution in [0.1, 0.15) is 22.3 Å². The smallest absolute Gasteiger partial charge is 0.207 e. The zero-order valence-electron chi connectivity index (χ0n) is 10.6. The van der Waals surface area contributed by atoms with Gasteiger partial charge in [0.2, 0.25) is 0 Å². The molecule has 0 aliphatic carbocycles. The van der Waals surface area contributed by atoms with E-state index in [1.54, 1.807) is 25.1 Å². The summed E-state index contributed by atoms with van der Waals surface area (Å²) >= 11 is 2.90. The van der Waals surface area contributed by atoms with Gasteiger partial charge in [0.25, 0.3) is 0 Å². The second-order valence-electron chi connectivity index (χ2n) is 4.57. The van der Waals surface area contributed by atoms with Crippen LogP contribution in [0.4, 0.5) is 17.6 Å². The molecule has 0 radical (unpaired) electrons. The van der Waals surface area contributed by atoms with Crippen molar-refractivity contribution in [3.8, 4) is 0 Å². The summed E-state index contributed by atoms with van der Waals surface area (Å²) in [6.45, 7) is 1.63. The van der Waals surface area contributed by atoms with E-state index in [2.05, 4.69) is 15.9 Å². The molecule has 106 valence electrons. The van der Waals surface area contributed by atoms with E-state index in [0.29, 0.717) is 17.5 Å². The molecule has 0 saturated carbocycles. The van der Waals surface area contributed by atoms with Gasteiger partial charge in [0.1, 0.15) is 5.82 Å². The van der Waals surface area contributed by atoms with Gasteiger partial charge in [-0.25, -0.2) is 4.39 Å². The molecule has 0 nitrogen and oxygen atoms in total. The first-order valence-electron chi connectivity index (χ1n) is 5.88. The summed E-state index contributed by atoms with van der Waals surface area (Å²) < 4.78 is 51.6. The predicted octanol–water partition coefficient (Wildman–Crippen LogP) is 5.51. The summed E-state index contributed by atoms with van der Waals surface area (Å²) in [5.41, 5.74) is 1.09. The average molecular weight is 347 g/mol. The Morgan fingerprint density at radius 1 is 1.00 bits per heavy atom. The average Bonchev–Trinajstić information content (AvgIpc) is 2.35. The Balaban J connectivity index is 2.32. The third kappa shape index (κ3) is 3.39. The van der Waals surface area contributed by atoms with E-state index in [1.807, 2.05) is 0 Å². The van der Waals surface area contributed by atoms with Crippen LogP contribution in [0.5, 0.6) is 0 Å². The van der Waals surface area contributed by atoms with Crippen LogP contribution in [-0.4, -0.2) is 0 Å². The molecule has 0 fully saturated rings. The second kappa shape index (κ2) is 5.56. The topological polar surface area (TPSA) is 0 Å². The van der Waals surface area contributed by atoms with E-state index in [9.17, 15) is 17.6 Å². The molecule has 0 unspecified atom stereocenters. The summed E-state index contributed by atoms with van der Waals surface area (Å²) in [5, 5.41) is 0. The Bertz CT molecular complexity index is 632. The Labute approximate surface area is 122 Å². The maximum absolute atomic E-state index is 13.2. The van der Waals surface area contributed by atoms with E-state index >= 15 is 0 Å². The summed E-state index contributed by atoms with van der Waals surface area (Å²) in [6.07, 6.45) is -4.06. The molecular weight excluding hydrogens is 336 g/mol. The minimum atomic E-state index is -4.40. The van der Waals surface area contributed by atoms with Crippen molar-refractivity contribution in [3.05, 3.63) is 68.9 Å². The summed E-state index contributed by atoms with van der Waals surface area (Å²) in [6, 6.07) is 8.67. The first kappa shape index (κ1) is 15.0. The zero-order chi connectivity index (χ0) is 14.9. The quantitative estimate of drug-likeness (QED) is 0.629. The number of hydrogen-bond acceptors (Lipinski definition) is 0. The fourth-order valence-electron chi connectivity index (χ4n) is 1.95. The number of aryl methyl sites for hydroxylation is 1. The lowest BCUT2D eigenvalue weighted by atomic mass is 10.0. The molecule has 0 amide bonds. The van der Waals surface area contributed by atoms with Crippen LogP contribution in [0.3, 0.4) is 0 Å². The highest BCUT2D eigenvalue weighted by Gasteiger charge is 2.33. The molecule has 0 heterocycles. The van der Waals surface area contributed by atoms with E-state index < -0.39 is 11.7 Å². The highest BCUT2D eigenvalue weighted by molar-refractivity contribution is 9.10. The van der Waals surface area contributed by atoms with E-state index in [-0.39, 0.29) is 10.3 Å². The predicted molar refractivity (Wildman–Crippen MR) is 73.1 cm³/mol. The molecule has 2 aromatic carbocycles. The van der Waals surface area contributed by atoms with Gasteiger partial charge < -0.3 is 0 Å². The van der Waals surface area contributed by atoms with Crippen LogP contribution >= 0.6 is 15.9 Å². The number of hydrogen-bond donors (Lipinski definition) is 0. The maximum atomic E-state index is 13.2. The van der Waals surface area contributed by atoms with Crippen molar-refractivity contribution < 1.29 is 17.6 Å². The standard InChI is InChI=1S/C15H11BrF4/c1-9-6-10(3-5-14(9)17)7-11-2-4-13(16)12(8-11)15(18,19)20/h2-6,8H,7H2,1H3. The van der Waals surface area contributed by atoms with Crippen LogP contribution in [0.15, 0.2) is 40.9 Å². The van der Waals surface area contributed by atoms with Crippen molar-refractivity contribution in [3.63, 3.8) is 0 Å². The molecular formula is C15H11BrF4. The van der Waals surface area contributed by atoms with Crippen molar-refractivity contribution >= 4 is 15.9 Å². The highest BCUT2D eigenvalue weighted by Crippen LogP contribution is 2.35. The van der Waals surface area contributed by atoms with Gasteiger partial charge in [-0.15, -0.1) is 0 Å². The number of rotatable bonds is 2. The van der Waals surface area contributed by atoms with Crippen molar-refractivity contribution in [2.75, 3.05) is 0 Å². The van der Waals surface area contributed by atoms with E-state index in [0.717, 1.165) is 11.6 Å². The van der Waals surface area contributed by atoms with Crippen molar-refractivity contribution in [2.45, 2.75) is 19.5 Å². The maximum Gasteiger partial charge on any atom is 0.417 e. The lowest BCUT2D eigenvalue weighted by Gasteiger charge is -2.11. The molecule has 0 bridgehead atoms. The minimum absolute atomic E-state index is 0.0176. The lowest BCUT2D eigenvalue weighted by molar-refractivity contribution is -0.138. The monoisotopic (exact) mass is 346 g/mol. The number of alkyl halides is 3. The summed E-state index contributed by atoms with van der Waals surface area (Å²) in [5.74, 6) is -0.319. The number of benzene rings is 2. The van der Waals surface area contributed by atoms with Gasteiger partial charge >= 0.3 is 6.18 Å². The van der Waals surface area contributed by atoms with Gasteiger partial charge in [0.05, 0.1) is 5.56 Å². The van der Waals surface area contributed by atoms with Gasteiger partial charge in [0.15, 0.2) is 0 Å². The molecule has 0 aromatic heterocycles. The fourth-order valence-corrected chi connectivity index (χ4v) is 2.42. The molecule has 0 atom stereocenters. The first-order chi connectivity index (χ1) is 9.27. The zero-order valence-corrected chi connectivity index (χ0v) is 12.1. The lowest BCUT2D eigenvalue weighted by Crippen LogP contribution is -2.07. The normalized spacial score (nSPS) is 11.7. The second-order valence-corrected chi connectivity index (χ2v) is 5.43. The van der Waals surface area contributed by atoms with Gasteiger partial charge in [-0.1, -0.05) is 34.1 Å². The van der Waals surface area contributed by atoms with E-state index in [1.165, 1.54) is 12.1 Å². The molecule has 0 spiro atoms. The molecule has 5 heteroatoms. The number of halogens is 5. The molecule has 0 N–H and O–H groups in total. The molecule has 2 aromatic rings. The third-order valence-corrected chi connectivity index (χ3v) is 3.66. The summed E-state index contributed by atoms with van der Waals surface area (Å²) in [4.78, 5) is 0. The Kier molecular flexibility index (Phi) is 4.18. The largest absolute Gasteiger partial charge is 0.417 e. The van der Waals surface area contributed by atoms with Gasteiger partial charge in [0, 0.05) is 4.47 Å². The molecule has 0 aliphatic heterocycles. The van der Waals surface area contributed by atoms with Gasteiger partial charge in [-0.05, 0) is 48.2 Å². The first-order valence-corrected chi connectivity index (χ1v) is 6.67. The fraction of sp³-hybridized carbons (Fsp3) is 0.200. The van der Waals surface area contributed by atoms with Crippen molar-refractivity contribution in [1.29, 1.82) is 0 Å². The highest BCUT2D eigenvalue weighted by atomic mass is 79.9. The van der Waals surface area contributed by atoms with Crippen LogP contribution in [0.25, 0.3) is 0 Å². The van der Waals surface area contributed by atoms with E-state index in [4.69, 9.17) is 0 Å². The van der Waals surface area contributed by atoms with Crippen molar-refractivity contribution in [2.24, 2.45) is 0 Å². The molecule has 20 heavy (non-hydrogen) atoms. The van der Waals surface area contributed by atoms with Gasteiger partial charge in [-0.3, -0.25) is 0 Å². The van der Waals surface area contributed by atoms with Crippen LogP contribution in [0.2, 0.25) is 0 Å². The minimum Gasteiger partial charge on any atom is -0.207 e. The molecule has 0 aliphatic rings. The SMILES string of the molecule is Cc1cc(Cc2ccc(Br)c(C(F)(F)F)c2)ccc1F. The Hall–Kier alpha value is -1.36. The molecule has 2 rings (SSSR count). The van der Waals surface area contributed by atoms with Crippen LogP contribution in [-0.2, 0) is 12.6 Å². The molecule has 0 saturated heterocycles. The Morgan fingerprint density at radius 3 is 2.20 bits per heavy atom. The third-order valence-electron chi connectivity index (χ3n) is 2.97. The van der Waals surface area contributed by atoms with Crippen LogP contribution < -0.4 is 0 Å². The Morgan fingerprint density at radius 2 is 1.60 bits per heavy atom. The summed E-state index contributed by atoms with van der Waals surface area (Å²) in [7, 11) is 0.